The van der Waals surface area contributed by atoms with E-state index in [4.69, 9.17) is 0 Å². The van der Waals surface area contributed by atoms with Crippen LogP contribution in [0.5, 0.6) is 0 Å². The number of nitrogens with zero attached hydrogens (tertiary/aromatic N) is 1. The maximum atomic E-state index is 12.9. The van der Waals surface area contributed by atoms with Crippen molar-refractivity contribution in [1.82, 2.24) is 10.2 Å². The Kier molecular flexibility index (Phi) is 7.18. The first-order chi connectivity index (χ1) is 12.2. The smallest absolute Gasteiger partial charge is 0.255 e. The van der Waals surface area contributed by atoms with E-state index in [2.05, 4.69) is 10.6 Å². The average molecular weight is 374 g/mol. The van der Waals surface area contributed by atoms with Crippen molar-refractivity contribution in [1.29, 1.82) is 0 Å². The first-order valence-electron chi connectivity index (χ1n) is 8.61. The van der Waals surface area contributed by atoms with Crippen LogP contribution >= 0.6 is 12.4 Å². The number of likely N-dealkylation sites (tertiary alicyclic amines) is 1. The van der Waals surface area contributed by atoms with Gasteiger partial charge in [-0.2, -0.15) is 0 Å². The Morgan fingerprint density at radius 1 is 0.962 bits per heavy atom. The van der Waals surface area contributed by atoms with Gasteiger partial charge in [-0.05, 0) is 44.2 Å². The fraction of sp³-hybridized carbons (Fsp3) is 0.300. The number of carbonyl (C=O) groups excluding carboxylic acids is 2. The summed E-state index contributed by atoms with van der Waals surface area (Å²) < 4.78 is 0. The molecule has 138 valence electrons. The minimum atomic E-state index is -0.213. The molecule has 0 unspecified atom stereocenters. The third-order valence-electron chi connectivity index (χ3n) is 4.63. The fourth-order valence-electron chi connectivity index (χ4n) is 3.10. The summed E-state index contributed by atoms with van der Waals surface area (Å²) in [5, 5.41) is 6.13. The summed E-state index contributed by atoms with van der Waals surface area (Å²) in [7, 11) is 1.95. The van der Waals surface area contributed by atoms with Crippen LogP contribution in [-0.2, 0) is 0 Å². The fourth-order valence-corrected chi connectivity index (χ4v) is 3.10. The molecule has 3 rings (SSSR count). The maximum absolute atomic E-state index is 12.9. The Balaban J connectivity index is 0.00000243. The van der Waals surface area contributed by atoms with Gasteiger partial charge in [0.2, 0.25) is 0 Å². The molecular formula is C20H24ClN3O2. The van der Waals surface area contributed by atoms with Crippen LogP contribution in [0.15, 0.2) is 54.6 Å². The molecule has 0 bridgehead atoms. The highest BCUT2D eigenvalue weighted by Gasteiger charge is 2.24. The summed E-state index contributed by atoms with van der Waals surface area (Å²) in [6, 6.07) is 16.7. The second-order valence-electron chi connectivity index (χ2n) is 6.22. The average Bonchev–Trinajstić information content (AvgIpc) is 2.68. The van der Waals surface area contributed by atoms with Gasteiger partial charge in [0, 0.05) is 24.7 Å². The molecule has 1 heterocycles. The highest BCUT2D eigenvalue weighted by Crippen LogP contribution is 2.21. The van der Waals surface area contributed by atoms with Crippen molar-refractivity contribution >= 4 is 29.9 Å². The van der Waals surface area contributed by atoms with Crippen molar-refractivity contribution in [2.45, 2.75) is 18.9 Å². The lowest BCUT2D eigenvalue weighted by molar-refractivity contribution is 0.0708. The van der Waals surface area contributed by atoms with E-state index in [0.29, 0.717) is 22.9 Å². The third-order valence-corrected chi connectivity index (χ3v) is 4.63. The van der Waals surface area contributed by atoms with E-state index in [9.17, 15) is 9.59 Å². The van der Waals surface area contributed by atoms with E-state index in [1.807, 2.05) is 42.3 Å². The van der Waals surface area contributed by atoms with E-state index in [0.717, 1.165) is 25.9 Å². The molecule has 0 atom stereocenters. The van der Waals surface area contributed by atoms with Gasteiger partial charge in [0.05, 0.1) is 11.3 Å². The van der Waals surface area contributed by atoms with Crippen LogP contribution in [0.4, 0.5) is 5.69 Å². The molecule has 2 N–H and O–H groups in total. The van der Waals surface area contributed by atoms with Gasteiger partial charge in [0.1, 0.15) is 0 Å². The lowest BCUT2D eigenvalue weighted by Crippen LogP contribution is -2.44. The van der Waals surface area contributed by atoms with E-state index in [1.54, 1.807) is 24.3 Å². The second kappa shape index (κ2) is 9.36. The number of carbonyl (C=O) groups is 2. The Labute approximate surface area is 160 Å². The van der Waals surface area contributed by atoms with Crippen LogP contribution in [0.1, 0.15) is 33.6 Å². The minimum absolute atomic E-state index is 0. The van der Waals surface area contributed by atoms with Crippen molar-refractivity contribution in [3.63, 3.8) is 0 Å². The van der Waals surface area contributed by atoms with Crippen molar-refractivity contribution in [2.24, 2.45) is 0 Å². The maximum Gasteiger partial charge on any atom is 0.255 e. The Hall–Kier alpha value is -2.37. The summed E-state index contributed by atoms with van der Waals surface area (Å²) in [5.41, 5.74) is 1.66. The quantitative estimate of drug-likeness (QED) is 0.865. The number of nitrogens with one attached hydrogen (secondary N) is 2. The number of piperidine rings is 1. The van der Waals surface area contributed by atoms with E-state index in [-0.39, 0.29) is 24.2 Å². The zero-order valence-electron chi connectivity index (χ0n) is 14.8. The van der Waals surface area contributed by atoms with Gasteiger partial charge >= 0.3 is 0 Å². The van der Waals surface area contributed by atoms with Crippen molar-refractivity contribution in [3.05, 3.63) is 65.7 Å². The van der Waals surface area contributed by atoms with E-state index >= 15 is 0 Å². The third kappa shape index (κ3) is 4.62. The zero-order valence-corrected chi connectivity index (χ0v) is 15.6. The number of anilines is 1. The Bertz CT molecular complexity index is 744. The van der Waals surface area contributed by atoms with Gasteiger partial charge < -0.3 is 15.5 Å². The highest BCUT2D eigenvalue weighted by molar-refractivity contribution is 6.09. The van der Waals surface area contributed by atoms with Crippen LogP contribution in [0.25, 0.3) is 0 Å². The molecule has 0 aromatic heterocycles. The summed E-state index contributed by atoms with van der Waals surface area (Å²) in [5.74, 6) is -0.242. The van der Waals surface area contributed by atoms with Gasteiger partial charge in [-0.3, -0.25) is 9.59 Å². The summed E-state index contributed by atoms with van der Waals surface area (Å²) >= 11 is 0. The summed E-state index contributed by atoms with van der Waals surface area (Å²) in [4.78, 5) is 27.2. The molecule has 1 aliphatic rings. The van der Waals surface area contributed by atoms with E-state index < -0.39 is 0 Å². The van der Waals surface area contributed by atoms with Gasteiger partial charge in [-0.15, -0.1) is 12.4 Å². The molecule has 1 fully saturated rings. The lowest BCUT2D eigenvalue weighted by atomic mass is 10.0. The minimum Gasteiger partial charge on any atom is -0.338 e. The standard InChI is InChI=1S/C20H23N3O2.ClH/c1-21-16-11-13-23(14-12-16)20(25)17-9-5-6-10-18(17)22-19(24)15-7-3-2-4-8-15;/h2-10,16,21H,11-14H2,1H3,(H,22,24);1H. The van der Waals surface area contributed by atoms with Gasteiger partial charge in [-0.25, -0.2) is 0 Å². The monoisotopic (exact) mass is 373 g/mol. The molecule has 5 nitrogen and oxygen atoms in total. The highest BCUT2D eigenvalue weighted by atomic mass is 35.5. The Morgan fingerprint density at radius 2 is 1.58 bits per heavy atom. The summed E-state index contributed by atoms with van der Waals surface area (Å²) in [6.45, 7) is 1.45. The molecule has 26 heavy (non-hydrogen) atoms. The van der Waals surface area contributed by atoms with Crippen LogP contribution < -0.4 is 10.6 Å². The number of para-hydroxylation sites is 1. The molecule has 0 saturated carbocycles. The number of rotatable bonds is 4. The number of halogens is 1. The molecule has 0 spiro atoms. The van der Waals surface area contributed by atoms with E-state index in [1.165, 1.54) is 0 Å². The molecular weight excluding hydrogens is 350 g/mol. The summed E-state index contributed by atoms with van der Waals surface area (Å²) in [6.07, 6.45) is 1.89. The molecule has 2 amide bonds. The van der Waals surface area contributed by atoms with Crippen LogP contribution in [0.3, 0.4) is 0 Å². The molecule has 0 aliphatic carbocycles. The molecule has 2 aromatic carbocycles. The van der Waals surface area contributed by atoms with Crippen molar-refractivity contribution < 1.29 is 9.59 Å². The lowest BCUT2D eigenvalue weighted by Gasteiger charge is -2.32. The number of benzene rings is 2. The largest absolute Gasteiger partial charge is 0.338 e. The van der Waals surface area contributed by atoms with Gasteiger partial charge in [0.15, 0.2) is 0 Å². The first-order valence-corrected chi connectivity index (χ1v) is 8.61. The molecule has 2 aromatic rings. The predicted octanol–water partition coefficient (Wildman–Crippen LogP) is 3.18. The van der Waals surface area contributed by atoms with Gasteiger partial charge in [-0.1, -0.05) is 30.3 Å². The number of hydrogen-bond donors (Lipinski definition) is 2. The van der Waals surface area contributed by atoms with Crippen LogP contribution in [0, 0.1) is 0 Å². The first kappa shape index (κ1) is 19.9. The second-order valence-corrected chi connectivity index (χ2v) is 6.22. The van der Waals surface area contributed by atoms with Crippen LogP contribution in [0.2, 0.25) is 0 Å². The number of amides is 2. The normalized spacial score (nSPS) is 14.4. The zero-order chi connectivity index (χ0) is 17.6. The molecule has 1 saturated heterocycles. The van der Waals surface area contributed by atoms with Crippen LogP contribution in [-0.4, -0.2) is 42.9 Å². The van der Waals surface area contributed by atoms with Crippen molar-refractivity contribution in [2.75, 3.05) is 25.5 Å². The topological polar surface area (TPSA) is 61.4 Å². The predicted molar refractivity (Wildman–Crippen MR) is 106 cm³/mol. The number of hydrogen-bond acceptors (Lipinski definition) is 3. The SMILES string of the molecule is CNC1CCN(C(=O)c2ccccc2NC(=O)c2ccccc2)CC1.Cl. The van der Waals surface area contributed by atoms with Crippen molar-refractivity contribution in [3.8, 4) is 0 Å². The van der Waals surface area contributed by atoms with Gasteiger partial charge in [0.25, 0.3) is 11.8 Å². The molecule has 0 radical (unpaired) electrons. The molecule has 1 aliphatic heterocycles. The molecule has 6 heteroatoms. The Morgan fingerprint density at radius 3 is 2.23 bits per heavy atom.